The molecule has 0 amide bonds. The second-order valence-electron chi connectivity index (χ2n) is 5.14. The van der Waals surface area contributed by atoms with Crippen molar-refractivity contribution in [3.05, 3.63) is 16.9 Å². The maximum atomic E-state index is 6.30. The molecule has 1 N–H and O–H groups in total. The van der Waals surface area contributed by atoms with E-state index in [-0.39, 0.29) is 6.04 Å². The third-order valence-corrected chi connectivity index (χ3v) is 3.54. The fourth-order valence-corrected chi connectivity index (χ4v) is 2.33. The molecule has 0 saturated heterocycles. The van der Waals surface area contributed by atoms with Gasteiger partial charge in [-0.15, -0.1) is 0 Å². The molecular weight excluding hydrogens is 292 g/mol. The first-order valence-electron chi connectivity index (χ1n) is 7.20. The van der Waals surface area contributed by atoms with Crippen molar-refractivity contribution in [2.75, 3.05) is 54.6 Å². The molecule has 7 heteroatoms. The minimum atomic E-state index is 0.129. The van der Waals surface area contributed by atoms with Gasteiger partial charge in [-0.1, -0.05) is 11.6 Å². The summed E-state index contributed by atoms with van der Waals surface area (Å²) < 4.78 is 12.5. The Morgan fingerprint density at radius 3 is 2.76 bits per heavy atom. The van der Waals surface area contributed by atoms with Crippen LogP contribution in [0, 0.1) is 0 Å². The lowest BCUT2D eigenvalue weighted by Crippen LogP contribution is -2.25. The van der Waals surface area contributed by atoms with E-state index in [0.29, 0.717) is 24.8 Å². The first-order valence-corrected chi connectivity index (χ1v) is 7.57. The number of halogens is 1. The summed E-state index contributed by atoms with van der Waals surface area (Å²) in [5.74, 6) is 0. The van der Waals surface area contributed by atoms with Crippen LogP contribution in [0.15, 0.2) is 6.20 Å². The molecule has 0 saturated carbocycles. The molecule has 1 aromatic heterocycles. The standard InChI is InChI=1S/C14H27ClN4O2/c1-16-13(5-8-21-10-9-20-4)14-12(15)11-17-19(14)7-6-18(2)3/h11,13,16H,5-10H2,1-4H3. The Hall–Kier alpha value is -0.660. The van der Waals surface area contributed by atoms with E-state index < -0.39 is 0 Å². The summed E-state index contributed by atoms with van der Waals surface area (Å²) >= 11 is 6.30. The van der Waals surface area contributed by atoms with Crippen LogP contribution in [0.2, 0.25) is 5.02 Å². The predicted molar refractivity (Wildman–Crippen MR) is 84.9 cm³/mol. The lowest BCUT2D eigenvalue weighted by Gasteiger charge is -2.19. The second-order valence-corrected chi connectivity index (χ2v) is 5.55. The average Bonchev–Trinajstić information content (AvgIpc) is 2.82. The number of aromatic nitrogens is 2. The zero-order valence-electron chi connectivity index (χ0n) is 13.4. The molecule has 0 aliphatic carbocycles. The number of methoxy groups -OCH3 is 1. The summed E-state index contributed by atoms with van der Waals surface area (Å²) in [6.45, 7) is 3.62. The van der Waals surface area contributed by atoms with Gasteiger partial charge in [0.15, 0.2) is 0 Å². The highest BCUT2D eigenvalue weighted by Gasteiger charge is 2.18. The number of nitrogens with one attached hydrogen (secondary N) is 1. The zero-order valence-corrected chi connectivity index (χ0v) is 14.2. The summed E-state index contributed by atoms with van der Waals surface area (Å²) in [7, 11) is 7.69. The zero-order chi connectivity index (χ0) is 15.7. The molecule has 21 heavy (non-hydrogen) atoms. The van der Waals surface area contributed by atoms with Crippen LogP contribution in [0.3, 0.4) is 0 Å². The molecule has 1 aromatic rings. The number of likely N-dealkylation sites (N-methyl/N-ethyl adjacent to an activating group) is 1. The second kappa shape index (κ2) is 10.1. The van der Waals surface area contributed by atoms with Gasteiger partial charge in [0.1, 0.15) is 0 Å². The van der Waals surface area contributed by atoms with Crippen LogP contribution < -0.4 is 5.32 Å². The van der Waals surface area contributed by atoms with E-state index in [1.54, 1.807) is 13.3 Å². The summed E-state index contributed by atoms with van der Waals surface area (Å²) in [6, 6.07) is 0.129. The lowest BCUT2D eigenvalue weighted by molar-refractivity contribution is 0.0657. The van der Waals surface area contributed by atoms with E-state index >= 15 is 0 Å². The summed E-state index contributed by atoms with van der Waals surface area (Å²) in [5, 5.41) is 8.36. The fraction of sp³-hybridized carbons (Fsp3) is 0.786. The van der Waals surface area contributed by atoms with Crippen LogP contribution in [-0.4, -0.2) is 69.3 Å². The topological polar surface area (TPSA) is 51.5 Å². The molecule has 0 aromatic carbocycles. The van der Waals surface area contributed by atoms with Gasteiger partial charge in [-0.25, -0.2) is 0 Å². The maximum Gasteiger partial charge on any atom is 0.0834 e. The van der Waals surface area contributed by atoms with E-state index in [4.69, 9.17) is 21.1 Å². The van der Waals surface area contributed by atoms with Crippen molar-refractivity contribution >= 4 is 11.6 Å². The first kappa shape index (κ1) is 18.4. The summed E-state index contributed by atoms with van der Waals surface area (Å²) in [4.78, 5) is 2.13. The summed E-state index contributed by atoms with van der Waals surface area (Å²) in [5.41, 5.74) is 1.02. The van der Waals surface area contributed by atoms with Crippen molar-refractivity contribution < 1.29 is 9.47 Å². The molecule has 6 nitrogen and oxygen atoms in total. The number of hydrogen-bond acceptors (Lipinski definition) is 5. The molecule has 122 valence electrons. The van der Waals surface area contributed by atoms with E-state index in [0.717, 1.165) is 25.2 Å². The molecule has 1 unspecified atom stereocenters. The van der Waals surface area contributed by atoms with Gasteiger partial charge in [-0.05, 0) is 27.6 Å². The Kier molecular flexibility index (Phi) is 8.87. The third-order valence-electron chi connectivity index (χ3n) is 3.25. The Morgan fingerprint density at radius 1 is 1.38 bits per heavy atom. The highest BCUT2D eigenvalue weighted by atomic mass is 35.5. The number of rotatable bonds is 11. The predicted octanol–water partition coefficient (Wildman–Crippen LogP) is 1.41. The van der Waals surface area contributed by atoms with E-state index in [1.807, 2.05) is 25.8 Å². The quantitative estimate of drug-likeness (QED) is 0.625. The molecule has 0 spiro atoms. The van der Waals surface area contributed by atoms with Crippen molar-refractivity contribution in [3.63, 3.8) is 0 Å². The highest BCUT2D eigenvalue weighted by molar-refractivity contribution is 6.31. The molecule has 0 fully saturated rings. The van der Waals surface area contributed by atoms with Gasteiger partial charge in [-0.2, -0.15) is 5.10 Å². The number of ether oxygens (including phenoxy) is 2. The van der Waals surface area contributed by atoms with Crippen molar-refractivity contribution in [1.82, 2.24) is 20.0 Å². The van der Waals surface area contributed by atoms with E-state index in [1.165, 1.54) is 0 Å². The van der Waals surface area contributed by atoms with Crippen molar-refractivity contribution in [3.8, 4) is 0 Å². The van der Waals surface area contributed by atoms with Crippen molar-refractivity contribution in [2.45, 2.75) is 19.0 Å². The van der Waals surface area contributed by atoms with Gasteiger partial charge in [-0.3, -0.25) is 4.68 Å². The molecule has 1 atom stereocenters. The van der Waals surface area contributed by atoms with Crippen LogP contribution in [-0.2, 0) is 16.0 Å². The molecule has 1 heterocycles. The Labute approximate surface area is 132 Å². The average molecular weight is 319 g/mol. The van der Waals surface area contributed by atoms with Gasteiger partial charge >= 0.3 is 0 Å². The fourth-order valence-electron chi connectivity index (χ4n) is 2.05. The van der Waals surface area contributed by atoms with Gasteiger partial charge < -0.3 is 19.7 Å². The molecule has 0 aliphatic rings. The van der Waals surface area contributed by atoms with Crippen molar-refractivity contribution in [1.29, 1.82) is 0 Å². The summed E-state index contributed by atoms with van der Waals surface area (Å²) in [6.07, 6.45) is 2.55. The third kappa shape index (κ3) is 6.32. The number of nitrogens with zero attached hydrogens (tertiary/aromatic N) is 3. The van der Waals surface area contributed by atoms with Gasteiger partial charge in [0, 0.05) is 20.3 Å². The molecule has 1 rings (SSSR count). The minimum absolute atomic E-state index is 0.129. The van der Waals surface area contributed by atoms with Crippen LogP contribution in [0.25, 0.3) is 0 Å². The van der Waals surface area contributed by atoms with Crippen LogP contribution in [0.5, 0.6) is 0 Å². The molecule has 0 radical (unpaired) electrons. The Balaban J connectivity index is 2.59. The monoisotopic (exact) mass is 318 g/mol. The van der Waals surface area contributed by atoms with Crippen LogP contribution in [0.4, 0.5) is 0 Å². The van der Waals surface area contributed by atoms with E-state index in [2.05, 4.69) is 15.3 Å². The smallest absolute Gasteiger partial charge is 0.0834 e. The first-order chi connectivity index (χ1) is 10.1. The largest absolute Gasteiger partial charge is 0.382 e. The normalized spacial score (nSPS) is 13.0. The van der Waals surface area contributed by atoms with E-state index in [9.17, 15) is 0 Å². The van der Waals surface area contributed by atoms with Crippen molar-refractivity contribution in [2.24, 2.45) is 0 Å². The maximum absolute atomic E-state index is 6.30. The highest BCUT2D eigenvalue weighted by Crippen LogP contribution is 2.25. The van der Waals surface area contributed by atoms with Gasteiger partial charge in [0.25, 0.3) is 0 Å². The molecule has 0 aliphatic heterocycles. The van der Waals surface area contributed by atoms with Gasteiger partial charge in [0.2, 0.25) is 0 Å². The van der Waals surface area contributed by atoms with Gasteiger partial charge in [0.05, 0.1) is 42.7 Å². The Bertz CT molecular complexity index is 398. The lowest BCUT2D eigenvalue weighted by atomic mass is 10.1. The molecular formula is C14H27ClN4O2. The number of hydrogen-bond donors (Lipinski definition) is 1. The SMILES string of the molecule is CNC(CCOCCOC)c1c(Cl)cnn1CCN(C)C. The van der Waals surface area contributed by atoms with Crippen LogP contribution >= 0.6 is 11.6 Å². The van der Waals surface area contributed by atoms with Crippen LogP contribution in [0.1, 0.15) is 18.2 Å². The minimum Gasteiger partial charge on any atom is -0.382 e. The molecule has 0 bridgehead atoms. The Morgan fingerprint density at radius 2 is 2.14 bits per heavy atom.